The molecule has 0 heterocycles. The molecular formula is C26H20O9. The minimum absolute atomic E-state index is 0. The van der Waals surface area contributed by atoms with Gasteiger partial charge in [-0.05, 0) is 21.5 Å². The first-order valence-corrected chi connectivity index (χ1v) is 10.1. The molecule has 0 aliphatic rings. The zero-order valence-electron chi connectivity index (χ0n) is 18.0. The maximum absolute atomic E-state index is 13.5. The molecule has 0 aliphatic carbocycles. The van der Waals surface area contributed by atoms with E-state index in [-0.39, 0.29) is 27.4 Å². The molecule has 0 radical (unpaired) electrons. The molecule has 0 saturated carbocycles. The molecule has 9 heteroatoms. The molecule has 9 nitrogen and oxygen atoms in total. The van der Waals surface area contributed by atoms with Gasteiger partial charge in [0.15, 0.2) is 0 Å². The van der Waals surface area contributed by atoms with E-state index in [1.807, 2.05) is 0 Å². The lowest BCUT2D eigenvalue weighted by Gasteiger charge is -2.35. The van der Waals surface area contributed by atoms with Crippen LogP contribution >= 0.6 is 0 Å². The van der Waals surface area contributed by atoms with E-state index in [4.69, 9.17) is 0 Å². The second-order valence-corrected chi connectivity index (χ2v) is 7.74. The second-order valence-electron chi connectivity index (χ2n) is 7.74. The molecule has 6 N–H and O–H groups in total. The van der Waals surface area contributed by atoms with Crippen molar-refractivity contribution in [1.82, 2.24) is 0 Å². The fraction of sp³-hybridized carbons (Fsp3) is 0.0769. The summed E-state index contributed by atoms with van der Waals surface area (Å²) in [5, 5.41) is 43.5. The van der Waals surface area contributed by atoms with Gasteiger partial charge in [0.1, 0.15) is 0 Å². The summed E-state index contributed by atoms with van der Waals surface area (Å²) in [6, 6.07) is 21.1. The number of ketones is 2. The number of hydrogen-bond acceptors (Lipinski definition) is 6. The molecule has 0 aliphatic heterocycles. The van der Waals surface area contributed by atoms with Crippen molar-refractivity contribution in [2.45, 2.75) is 11.2 Å². The van der Waals surface area contributed by atoms with E-state index in [0.29, 0.717) is 10.8 Å². The van der Waals surface area contributed by atoms with Gasteiger partial charge >= 0.3 is 11.9 Å². The number of rotatable bonds is 7. The topological polar surface area (TPSA) is 181 Å². The summed E-state index contributed by atoms with van der Waals surface area (Å²) in [5.41, 5.74) is -8.82. The van der Waals surface area contributed by atoms with Crippen LogP contribution in [0.4, 0.5) is 0 Å². The number of benzene rings is 4. The Morgan fingerprint density at radius 3 is 1.17 bits per heavy atom. The Bertz CT molecular complexity index is 1370. The molecule has 0 fully saturated rings. The number of carboxylic acid groups (broad SMARTS) is 2. The third-order valence-electron chi connectivity index (χ3n) is 5.87. The van der Waals surface area contributed by atoms with Crippen LogP contribution in [-0.2, 0) is 9.59 Å². The summed E-state index contributed by atoms with van der Waals surface area (Å²) in [6.45, 7) is 0. The van der Waals surface area contributed by atoms with E-state index in [9.17, 15) is 39.6 Å². The fourth-order valence-corrected chi connectivity index (χ4v) is 4.07. The van der Waals surface area contributed by atoms with Crippen molar-refractivity contribution in [1.29, 1.82) is 0 Å². The van der Waals surface area contributed by atoms with Gasteiger partial charge in [0.2, 0.25) is 11.6 Å². The lowest BCUT2D eigenvalue weighted by Crippen LogP contribution is -2.71. The fourth-order valence-electron chi connectivity index (χ4n) is 4.07. The number of fused-ring (bicyclic) bond motifs is 2. The van der Waals surface area contributed by atoms with Gasteiger partial charge in [-0.15, -0.1) is 0 Å². The highest BCUT2D eigenvalue weighted by Gasteiger charge is 2.70. The lowest BCUT2D eigenvalue weighted by atomic mass is 9.72. The zero-order valence-corrected chi connectivity index (χ0v) is 18.0. The average Bonchev–Trinajstić information content (AvgIpc) is 2.85. The number of aliphatic carboxylic acids is 2. The number of carbonyl (C=O) groups is 4. The van der Waals surface area contributed by atoms with Crippen molar-refractivity contribution in [3.8, 4) is 0 Å². The molecule has 0 unspecified atom stereocenters. The monoisotopic (exact) mass is 476 g/mol. The van der Waals surface area contributed by atoms with Crippen LogP contribution < -0.4 is 0 Å². The normalized spacial score (nSPS) is 14.3. The van der Waals surface area contributed by atoms with Crippen LogP contribution in [0.15, 0.2) is 84.9 Å². The third-order valence-corrected chi connectivity index (χ3v) is 5.87. The van der Waals surface area contributed by atoms with Crippen molar-refractivity contribution >= 4 is 45.0 Å². The smallest absolute Gasteiger partial charge is 0.348 e. The second kappa shape index (κ2) is 9.07. The van der Waals surface area contributed by atoms with Crippen molar-refractivity contribution in [2.75, 3.05) is 0 Å². The molecule has 0 amide bonds. The summed E-state index contributed by atoms with van der Waals surface area (Å²) in [4.78, 5) is 51.5. The van der Waals surface area contributed by atoms with E-state index in [0.717, 1.165) is 0 Å². The highest BCUT2D eigenvalue weighted by molar-refractivity contribution is 6.31. The van der Waals surface area contributed by atoms with Gasteiger partial charge in [-0.25, -0.2) is 9.59 Å². The largest absolute Gasteiger partial charge is 0.479 e. The molecule has 178 valence electrons. The van der Waals surface area contributed by atoms with Gasteiger partial charge in [-0.1, -0.05) is 84.9 Å². The lowest BCUT2D eigenvalue weighted by molar-refractivity contribution is -0.187. The van der Waals surface area contributed by atoms with Crippen molar-refractivity contribution < 1.29 is 45.1 Å². The first kappa shape index (κ1) is 25.2. The molecule has 35 heavy (non-hydrogen) atoms. The van der Waals surface area contributed by atoms with E-state index in [1.165, 1.54) is 36.4 Å². The van der Waals surface area contributed by atoms with E-state index < -0.39 is 34.7 Å². The van der Waals surface area contributed by atoms with Crippen LogP contribution in [0.1, 0.15) is 20.7 Å². The Morgan fingerprint density at radius 2 is 0.829 bits per heavy atom. The summed E-state index contributed by atoms with van der Waals surface area (Å²) < 4.78 is 0. The van der Waals surface area contributed by atoms with Crippen LogP contribution in [0.2, 0.25) is 0 Å². The minimum Gasteiger partial charge on any atom is -0.479 e. The standard InChI is InChI=1S/C26H18O8.H2O/c27-21(19-13-5-9-15-7-1-3-11-17(15)19)25(33,23(29)30)26(34,24(31)32)22(28)20-14-6-10-16-8-2-4-12-18(16)20;/h1-14,33-34H,(H,29,30)(H,31,32);1H2/t25-,26-;/m0./s1. The molecule has 0 bridgehead atoms. The number of hydrogen-bond donors (Lipinski definition) is 4. The van der Waals surface area contributed by atoms with Crippen molar-refractivity contribution in [3.05, 3.63) is 96.1 Å². The van der Waals surface area contributed by atoms with Crippen LogP contribution in [0, 0.1) is 0 Å². The van der Waals surface area contributed by atoms with Crippen molar-refractivity contribution in [3.63, 3.8) is 0 Å². The molecule has 0 aromatic heterocycles. The molecule has 0 spiro atoms. The zero-order chi connectivity index (χ0) is 24.7. The van der Waals surface area contributed by atoms with Gasteiger partial charge in [-0.2, -0.15) is 0 Å². The molecule has 4 aromatic rings. The Balaban J connectivity index is 0.00000342. The predicted octanol–water partition coefficient (Wildman–Crippen LogP) is 1.87. The number of Topliss-reactive ketones (excluding diaryl/α,β-unsaturated/α-hetero) is 2. The quantitative estimate of drug-likeness (QED) is 0.230. The highest BCUT2D eigenvalue weighted by Crippen LogP contribution is 2.35. The Hall–Kier alpha value is -4.44. The molecule has 0 saturated heterocycles. The van der Waals surface area contributed by atoms with Crippen LogP contribution in [-0.4, -0.2) is 60.6 Å². The van der Waals surface area contributed by atoms with Crippen LogP contribution in [0.25, 0.3) is 21.5 Å². The van der Waals surface area contributed by atoms with Crippen LogP contribution in [0.3, 0.4) is 0 Å². The van der Waals surface area contributed by atoms with E-state index >= 15 is 0 Å². The molecule has 4 aromatic carbocycles. The number of carbonyl (C=O) groups excluding carboxylic acids is 2. The number of aliphatic hydroxyl groups is 2. The summed E-state index contributed by atoms with van der Waals surface area (Å²) in [7, 11) is 0. The van der Waals surface area contributed by atoms with Gasteiger partial charge in [-0.3, -0.25) is 9.59 Å². The summed E-state index contributed by atoms with van der Waals surface area (Å²) >= 11 is 0. The summed E-state index contributed by atoms with van der Waals surface area (Å²) in [6.07, 6.45) is 0. The predicted molar refractivity (Wildman–Crippen MR) is 125 cm³/mol. The van der Waals surface area contributed by atoms with Gasteiger partial charge in [0, 0.05) is 11.1 Å². The first-order chi connectivity index (χ1) is 16.1. The van der Waals surface area contributed by atoms with Gasteiger partial charge in [0.05, 0.1) is 0 Å². The van der Waals surface area contributed by atoms with Gasteiger partial charge < -0.3 is 25.9 Å². The van der Waals surface area contributed by atoms with Crippen LogP contribution in [0.5, 0.6) is 0 Å². The SMILES string of the molecule is O.O=C(O)[C@@](O)(C(=O)c1cccc2ccccc12)[C@@](O)(C(=O)O)C(=O)c1cccc2ccccc12. The Kier molecular flexibility index (Phi) is 6.53. The first-order valence-electron chi connectivity index (χ1n) is 10.1. The third kappa shape index (κ3) is 3.64. The highest BCUT2D eigenvalue weighted by atomic mass is 16.5. The van der Waals surface area contributed by atoms with E-state index in [1.54, 1.807) is 48.5 Å². The van der Waals surface area contributed by atoms with E-state index in [2.05, 4.69) is 0 Å². The molecule has 4 rings (SSSR count). The summed E-state index contributed by atoms with van der Waals surface area (Å²) in [5.74, 6) is -8.06. The Morgan fingerprint density at radius 1 is 0.514 bits per heavy atom. The molecular weight excluding hydrogens is 456 g/mol. The van der Waals surface area contributed by atoms with Crippen molar-refractivity contribution in [2.24, 2.45) is 0 Å². The minimum atomic E-state index is -4.04. The Labute approximate surface area is 197 Å². The molecule has 2 atom stereocenters. The maximum atomic E-state index is 13.5. The maximum Gasteiger partial charge on any atom is 0.348 e. The average molecular weight is 476 g/mol. The number of carboxylic acids is 2. The van der Waals surface area contributed by atoms with Gasteiger partial charge in [0.25, 0.3) is 11.2 Å².